The van der Waals surface area contributed by atoms with Gasteiger partial charge in [-0.05, 0) is 79.8 Å². The molecule has 4 heteroatoms. The van der Waals surface area contributed by atoms with Crippen LogP contribution in [-0.4, -0.2) is 6.85 Å². The Hall–Kier alpha value is -6.10. The highest BCUT2D eigenvalue weighted by atomic mass is 32.1. The van der Waals surface area contributed by atoms with Gasteiger partial charge in [0.2, 0.25) is 0 Å². The summed E-state index contributed by atoms with van der Waals surface area (Å²) in [5.41, 5.74) is 16.7. The zero-order valence-electron chi connectivity index (χ0n) is 29.5. The first kappa shape index (κ1) is 29.5. The summed E-state index contributed by atoms with van der Waals surface area (Å²) in [5.74, 6) is 0. The lowest BCUT2D eigenvalue weighted by atomic mass is 9.42. The molecule has 1 aromatic heterocycles. The Kier molecular flexibility index (Phi) is 5.84. The molecule has 0 radical (unpaired) electrons. The molecule has 12 rings (SSSR count). The Labute approximate surface area is 313 Å². The van der Waals surface area contributed by atoms with E-state index in [1.54, 1.807) is 0 Å². The number of anilines is 5. The lowest BCUT2D eigenvalue weighted by Crippen LogP contribution is -2.62. The van der Waals surface area contributed by atoms with E-state index in [1.165, 1.54) is 104 Å². The molecule has 3 aliphatic rings. The molecule has 0 aliphatic carbocycles. The molecule has 53 heavy (non-hydrogen) atoms. The average Bonchev–Trinajstić information content (AvgIpc) is 3.59. The lowest BCUT2D eigenvalue weighted by molar-refractivity contribution is 0.632. The summed E-state index contributed by atoms with van der Waals surface area (Å²) in [6.07, 6.45) is 0. The first-order valence-corrected chi connectivity index (χ1v) is 19.4. The third-order valence-electron chi connectivity index (χ3n) is 12.2. The van der Waals surface area contributed by atoms with Crippen LogP contribution in [0.15, 0.2) is 164 Å². The number of benzene rings is 8. The van der Waals surface area contributed by atoms with Crippen LogP contribution in [0.4, 0.5) is 28.4 Å². The molecule has 0 amide bonds. The first-order chi connectivity index (χ1) is 26.1. The van der Waals surface area contributed by atoms with Gasteiger partial charge in [0.05, 0.1) is 10.4 Å². The highest BCUT2D eigenvalue weighted by Crippen LogP contribution is 2.56. The average molecular weight is 693 g/mol. The van der Waals surface area contributed by atoms with Crippen LogP contribution in [0.5, 0.6) is 0 Å². The molecule has 0 saturated carbocycles. The molecule has 0 unspecified atom stereocenters. The van der Waals surface area contributed by atoms with E-state index in [1.807, 2.05) is 11.3 Å². The van der Waals surface area contributed by atoms with Gasteiger partial charge in [0.1, 0.15) is 0 Å². The Morgan fingerprint density at radius 3 is 2.15 bits per heavy atom. The quantitative estimate of drug-likeness (QED) is 0.166. The predicted molar refractivity (Wildman–Crippen MR) is 228 cm³/mol. The van der Waals surface area contributed by atoms with E-state index in [4.69, 9.17) is 0 Å². The van der Waals surface area contributed by atoms with Gasteiger partial charge < -0.3 is 9.71 Å². The molecule has 8 aromatic carbocycles. The SMILES string of the molecule is CC1(C)c2ccccc2N2c3cc4ccccc4c4c3B(c3cccc1c32)N(c1cccc2c1sc1ccccc12)c1cc(-c2ccccc2)ccc1-4. The lowest BCUT2D eigenvalue weighted by Gasteiger charge is -2.50. The van der Waals surface area contributed by atoms with E-state index in [2.05, 4.69) is 187 Å². The molecule has 3 aliphatic heterocycles. The standard InChI is InChI=1S/C49H33BN2S/c1-49(2)37-20-9-10-23-40(37)51-43-29-32-16-6-7-17-33(32)45-36-27-26-31(30-14-4-3-5-15-30)28-42(36)52(50(46(43)45)39-22-13-21-38(49)47(39)51)41-24-12-19-35-34-18-8-11-25-44(34)53-48(35)41/h3-29H,1-2H3. The van der Waals surface area contributed by atoms with Crippen LogP contribution >= 0.6 is 11.3 Å². The van der Waals surface area contributed by atoms with Crippen LogP contribution in [-0.2, 0) is 5.41 Å². The maximum absolute atomic E-state index is 2.71. The normalized spacial score (nSPS) is 14.6. The van der Waals surface area contributed by atoms with Gasteiger partial charge in [0.15, 0.2) is 0 Å². The molecule has 9 aromatic rings. The smallest absolute Gasteiger partial charge is 0.333 e. The summed E-state index contributed by atoms with van der Waals surface area (Å²) >= 11 is 1.91. The third kappa shape index (κ3) is 3.83. The Morgan fingerprint density at radius 2 is 1.25 bits per heavy atom. The Balaban J connectivity index is 1.27. The maximum Gasteiger partial charge on any atom is 0.333 e. The summed E-state index contributed by atoms with van der Waals surface area (Å²) < 4.78 is 2.65. The van der Waals surface area contributed by atoms with E-state index in [0.717, 1.165) is 0 Å². The van der Waals surface area contributed by atoms with Crippen molar-refractivity contribution in [2.24, 2.45) is 0 Å². The van der Waals surface area contributed by atoms with Crippen molar-refractivity contribution in [2.45, 2.75) is 19.3 Å². The largest absolute Gasteiger partial charge is 0.375 e. The molecular weight excluding hydrogens is 659 g/mol. The molecule has 0 atom stereocenters. The molecule has 0 bridgehead atoms. The minimum atomic E-state index is -0.168. The molecule has 4 heterocycles. The van der Waals surface area contributed by atoms with E-state index in [0.29, 0.717) is 0 Å². The van der Waals surface area contributed by atoms with Gasteiger partial charge in [-0.15, -0.1) is 11.3 Å². The van der Waals surface area contributed by atoms with Crippen molar-refractivity contribution in [1.29, 1.82) is 0 Å². The fourth-order valence-corrected chi connectivity index (χ4v) is 11.1. The van der Waals surface area contributed by atoms with Crippen molar-refractivity contribution in [1.82, 2.24) is 0 Å². The van der Waals surface area contributed by atoms with Crippen LogP contribution in [0.25, 0.3) is 53.2 Å². The summed E-state index contributed by atoms with van der Waals surface area (Å²) in [6.45, 7) is 4.75. The predicted octanol–water partition coefficient (Wildman–Crippen LogP) is 12.2. The van der Waals surface area contributed by atoms with Gasteiger partial charge in [-0.25, -0.2) is 0 Å². The monoisotopic (exact) mass is 692 g/mol. The van der Waals surface area contributed by atoms with Crippen LogP contribution in [0.2, 0.25) is 0 Å². The van der Waals surface area contributed by atoms with E-state index in [-0.39, 0.29) is 12.3 Å². The fraction of sp³-hybridized carbons (Fsp3) is 0.0612. The van der Waals surface area contributed by atoms with E-state index in [9.17, 15) is 0 Å². The second-order valence-corrected chi connectivity index (χ2v) is 16.3. The summed E-state index contributed by atoms with van der Waals surface area (Å²) in [7, 11) is 0. The topological polar surface area (TPSA) is 6.48 Å². The summed E-state index contributed by atoms with van der Waals surface area (Å²) in [5, 5.41) is 5.20. The van der Waals surface area contributed by atoms with Crippen molar-refractivity contribution in [3.05, 3.63) is 175 Å². The number of hydrogen-bond donors (Lipinski definition) is 0. The van der Waals surface area contributed by atoms with E-state index >= 15 is 0 Å². The first-order valence-electron chi connectivity index (χ1n) is 18.6. The molecule has 0 spiro atoms. The number of hydrogen-bond acceptors (Lipinski definition) is 3. The number of thiophene rings is 1. The van der Waals surface area contributed by atoms with Crippen molar-refractivity contribution >= 4 is 88.5 Å². The van der Waals surface area contributed by atoms with Crippen LogP contribution in [0, 0.1) is 0 Å². The zero-order chi connectivity index (χ0) is 35.0. The second kappa shape index (κ2) is 10.5. The highest BCUT2D eigenvalue weighted by molar-refractivity contribution is 7.26. The summed E-state index contributed by atoms with van der Waals surface area (Å²) in [6, 6.07) is 61.5. The number of fused-ring (bicyclic) bond motifs is 11. The van der Waals surface area contributed by atoms with Gasteiger partial charge in [-0.2, -0.15) is 0 Å². The molecule has 2 nitrogen and oxygen atoms in total. The Morgan fingerprint density at radius 1 is 0.528 bits per heavy atom. The second-order valence-electron chi connectivity index (χ2n) is 15.2. The highest BCUT2D eigenvalue weighted by Gasteiger charge is 2.50. The molecule has 0 N–H and O–H groups in total. The minimum Gasteiger partial charge on any atom is -0.375 e. The molecule has 248 valence electrons. The molecule has 0 fully saturated rings. The van der Waals surface area contributed by atoms with Gasteiger partial charge >= 0.3 is 6.85 Å². The van der Waals surface area contributed by atoms with E-state index < -0.39 is 0 Å². The van der Waals surface area contributed by atoms with Gasteiger partial charge in [-0.1, -0.05) is 147 Å². The maximum atomic E-state index is 2.71. The van der Waals surface area contributed by atoms with Gasteiger partial charge in [0.25, 0.3) is 0 Å². The van der Waals surface area contributed by atoms with Crippen molar-refractivity contribution in [3.8, 4) is 22.3 Å². The van der Waals surface area contributed by atoms with Crippen molar-refractivity contribution in [2.75, 3.05) is 9.71 Å². The fourth-order valence-electron chi connectivity index (χ4n) is 9.86. The van der Waals surface area contributed by atoms with Gasteiger partial charge in [0, 0.05) is 49.2 Å². The summed E-state index contributed by atoms with van der Waals surface area (Å²) in [4.78, 5) is 5.31. The van der Waals surface area contributed by atoms with Crippen molar-refractivity contribution < 1.29 is 0 Å². The Bertz CT molecular complexity index is 3010. The third-order valence-corrected chi connectivity index (χ3v) is 13.4. The van der Waals surface area contributed by atoms with Gasteiger partial charge in [-0.3, -0.25) is 0 Å². The number of nitrogens with zero attached hydrogens (tertiary/aromatic N) is 2. The van der Waals surface area contributed by atoms with Crippen LogP contribution in [0.1, 0.15) is 25.0 Å². The zero-order valence-corrected chi connectivity index (χ0v) is 30.3. The van der Waals surface area contributed by atoms with Crippen LogP contribution < -0.4 is 20.6 Å². The minimum absolute atomic E-state index is 0.0498. The molecule has 0 saturated heterocycles. The number of para-hydroxylation sites is 2. The number of rotatable bonds is 2. The van der Waals surface area contributed by atoms with Crippen molar-refractivity contribution in [3.63, 3.8) is 0 Å². The van der Waals surface area contributed by atoms with Crippen LogP contribution in [0.3, 0.4) is 0 Å². The molecular formula is C49H33BN2S.